The van der Waals surface area contributed by atoms with Gasteiger partial charge in [-0.1, -0.05) is 0 Å². The van der Waals surface area contributed by atoms with E-state index in [4.69, 9.17) is 4.74 Å². The van der Waals surface area contributed by atoms with Crippen LogP contribution < -0.4 is 0 Å². The van der Waals surface area contributed by atoms with E-state index in [0.717, 1.165) is 12.8 Å². The van der Waals surface area contributed by atoms with Gasteiger partial charge >= 0.3 is 5.97 Å². The molecule has 0 unspecified atom stereocenters. The van der Waals surface area contributed by atoms with Crippen LogP contribution in [-0.2, 0) is 23.1 Å². The van der Waals surface area contributed by atoms with Crippen LogP contribution in [-0.4, -0.2) is 50.3 Å². The van der Waals surface area contributed by atoms with Crippen LogP contribution in [0.25, 0.3) is 0 Å². The van der Waals surface area contributed by atoms with Crippen LogP contribution in [0.4, 0.5) is 0 Å². The van der Waals surface area contributed by atoms with E-state index in [9.17, 15) is 4.79 Å². The Balaban J connectivity index is 1.91. The summed E-state index contributed by atoms with van der Waals surface area (Å²) in [5.74, 6) is 0.451. The maximum absolute atomic E-state index is 11.5. The highest BCUT2D eigenvalue weighted by atomic mass is 16.5. The van der Waals surface area contributed by atoms with Crippen LogP contribution in [0.15, 0.2) is 0 Å². The van der Waals surface area contributed by atoms with Crippen LogP contribution in [0, 0.1) is 0 Å². The molecule has 0 radical (unpaired) electrons. The first kappa shape index (κ1) is 12.0. The fraction of sp³-hybridized carbons (Fsp3) is 0.800. The number of hydrogen-bond donors (Lipinski definition) is 0. The monoisotopic (exact) mass is 239 g/mol. The molecule has 0 bridgehead atoms. The molecule has 1 aliphatic rings. The normalized spacial score (nSPS) is 15.2. The maximum atomic E-state index is 11.5. The van der Waals surface area contributed by atoms with Crippen molar-refractivity contribution in [3.05, 3.63) is 5.82 Å². The molecule has 1 aliphatic carbocycles. The Bertz CT molecular complexity index is 388. The van der Waals surface area contributed by atoms with E-state index in [0.29, 0.717) is 31.6 Å². The molecule has 0 N–H and O–H groups in total. The zero-order chi connectivity index (χ0) is 12.3. The third-order valence-corrected chi connectivity index (χ3v) is 2.60. The molecule has 94 valence electrons. The molecule has 0 saturated heterocycles. The fourth-order valence-corrected chi connectivity index (χ4v) is 1.69. The molecule has 2 rings (SSSR count). The minimum absolute atomic E-state index is 0.191. The number of aromatic nitrogens is 4. The van der Waals surface area contributed by atoms with Gasteiger partial charge in [0.1, 0.15) is 0 Å². The first-order valence-corrected chi connectivity index (χ1v) is 5.81. The Labute approximate surface area is 99.7 Å². The molecular formula is C10H17N5O2. The number of carbonyl (C=O) groups excluding carboxylic acids is 1. The smallest absolute Gasteiger partial charge is 0.320 e. The number of hydrogen-bond acceptors (Lipinski definition) is 6. The molecule has 1 fully saturated rings. The second-order valence-electron chi connectivity index (χ2n) is 4.14. The number of esters is 1. The van der Waals surface area contributed by atoms with E-state index in [-0.39, 0.29) is 5.97 Å². The highest BCUT2D eigenvalue weighted by Gasteiger charge is 2.31. The van der Waals surface area contributed by atoms with E-state index in [2.05, 4.69) is 20.3 Å². The van der Waals surface area contributed by atoms with Gasteiger partial charge in [-0.3, -0.25) is 9.69 Å². The van der Waals surface area contributed by atoms with Gasteiger partial charge in [-0.15, -0.1) is 10.2 Å². The number of ether oxygens (including phenoxy) is 1. The second-order valence-corrected chi connectivity index (χ2v) is 4.14. The molecule has 7 heteroatoms. The van der Waals surface area contributed by atoms with Crippen LogP contribution >= 0.6 is 0 Å². The molecule has 1 aromatic heterocycles. The van der Waals surface area contributed by atoms with Gasteiger partial charge in [0.2, 0.25) is 0 Å². The molecule has 1 saturated carbocycles. The number of nitrogens with zero attached hydrogens (tertiary/aromatic N) is 5. The molecule has 1 heterocycles. The summed E-state index contributed by atoms with van der Waals surface area (Å²) in [5.41, 5.74) is 0. The molecule has 0 amide bonds. The van der Waals surface area contributed by atoms with Gasteiger partial charge in [0.25, 0.3) is 0 Å². The molecule has 7 nitrogen and oxygen atoms in total. The molecule has 0 spiro atoms. The first-order valence-electron chi connectivity index (χ1n) is 5.81. The predicted octanol–water partition coefficient (Wildman–Crippen LogP) is -0.262. The average molecular weight is 239 g/mol. The highest BCUT2D eigenvalue weighted by molar-refractivity contribution is 5.71. The zero-order valence-corrected chi connectivity index (χ0v) is 10.2. The summed E-state index contributed by atoms with van der Waals surface area (Å²) in [6.07, 6.45) is 2.25. The molecule has 0 atom stereocenters. The summed E-state index contributed by atoms with van der Waals surface area (Å²) in [6.45, 7) is 3.08. The van der Waals surface area contributed by atoms with Crippen molar-refractivity contribution < 1.29 is 9.53 Å². The van der Waals surface area contributed by atoms with E-state index in [1.807, 2.05) is 6.92 Å². The van der Waals surface area contributed by atoms with E-state index in [1.54, 1.807) is 7.05 Å². The van der Waals surface area contributed by atoms with Gasteiger partial charge in [-0.05, 0) is 25.0 Å². The van der Waals surface area contributed by atoms with Crippen molar-refractivity contribution in [3.8, 4) is 0 Å². The minimum Gasteiger partial charge on any atom is -0.465 e. The Morgan fingerprint density at radius 2 is 2.35 bits per heavy atom. The van der Waals surface area contributed by atoms with Gasteiger partial charge in [-0.2, -0.15) is 4.80 Å². The molecule has 1 aromatic rings. The van der Waals surface area contributed by atoms with Crippen LogP contribution in [0.2, 0.25) is 0 Å². The Hall–Kier alpha value is -1.50. The van der Waals surface area contributed by atoms with Gasteiger partial charge in [-0.25, -0.2) is 0 Å². The summed E-state index contributed by atoms with van der Waals surface area (Å²) in [6, 6.07) is 0.461. The lowest BCUT2D eigenvalue weighted by Gasteiger charge is -2.18. The lowest BCUT2D eigenvalue weighted by molar-refractivity contribution is -0.144. The summed E-state index contributed by atoms with van der Waals surface area (Å²) >= 11 is 0. The Morgan fingerprint density at radius 3 is 2.88 bits per heavy atom. The van der Waals surface area contributed by atoms with Crippen LogP contribution in [0.5, 0.6) is 0 Å². The maximum Gasteiger partial charge on any atom is 0.320 e. The van der Waals surface area contributed by atoms with Crippen molar-refractivity contribution in [2.45, 2.75) is 32.4 Å². The first-order chi connectivity index (χ1) is 8.19. The predicted molar refractivity (Wildman–Crippen MR) is 58.9 cm³/mol. The van der Waals surface area contributed by atoms with Crippen molar-refractivity contribution in [1.82, 2.24) is 25.1 Å². The lowest BCUT2D eigenvalue weighted by atomic mass is 10.4. The van der Waals surface area contributed by atoms with E-state index in [1.165, 1.54) is 4.80 Å². The van der Waals surface area contributed by atoms with E-state index < -0.39 is 0 Å². The Morgan fingerprint density at radius 1 is 1.59 bits per heavy atom. The summed E-state index contributed by atoms with van der Waals surface area (Å²) in [5, 5.41) is 11.8. The third kappa shape index (κ3) is 3.48. The average Bonchev–Trinajstić information content (AvgIpc) is 3.03. The molecule has 0 aromatic carbocycles. The quantitative estimate of drug-likeness (QED) is 0.637. The van der Waals surface area contributed by atoms with Crippen LogP contribution in [0.3, 0.4) is 0 Å². The van der Waals surface area contributed by atoms with Gasteiger partial charge in [0.05, 0.1) is 26.7 Å². The lowest BCUT2D eigenvalue weighted by Crippen LogP contribution is -2.33. The summed E-state index contributed by atoms with van der Waals surface area (Å²) < 4.78 is 4.95. The summed E-state index contributed by atoms with van der Waals surface area (Å²) in [7, 11) is 1.73. The third-order valence-electron chi connectivity index (χ3n) is 2.60. The van der Waals surface area contributed by atoms with Crippen molar-refractivity contribution in [2.24, 2.45) is 7.05 Å². The molecular weight excluding hydrogens is 222 g/mol. The second kappa shape index (κ2) is 5.22. The highest BCUT2D eigenvalue weighted by Crippen LogP contribution is 2.27. The van der Waals surface area contributed by atoms with Gasteiger partial charge in [0, 0.05) is 6.04 Å². The van der Waals surface area contributed by atoms with Crippen LogP contribution in [0.1, 0.15) is 25.6 Å². The largest absolute Gasteiger partial charge is 0.465 e. The fourth-order valence-electron chi connectivity index (χ4n) is 1.69. The van der Waals surface area contributed by atoms with Gasteiger partial charge in [0.15, 0.2) is 5.82 Å². The SMILES string of the molecule is CCOC(=O)CN(Cc1nnn(C)n1)C1CC1. The van der Waals surface area contributed by atoms with Crippen molar-refractivity contribution in [1.29, 1.82) is 0 Å². The van der Waals surface area contributed by atoms with Gasteiger partial charge < -0.3 is 4.74 Å². The number of aryl methyl sites for hydroxylation is 1. The van der Waals surface area contributed by atoms with Crippen molar-refractivity contribution >= 4 is 5.97 Å². The van der Waals surface area contributed by atoms with E-state index >= 15 is 0 Å². The Kier molecular flexibility index (Phi) is 3.68. The topological polar surface area (TPSA) is 73.1 Å². The molecule has 17 heavy (non-hydrogen) atoms. The number of carbonyl (C=O) groups is 1. The summed E-state index contributed by atoms with van der Waals surface area (Å²) in [4.78, 5) is 14.9. The number of rotatable bonds is 6. The molecule has 0 aliphatic heterocycles. The van der Waals surface area contributed by atoms with Crippen molar-refractivity contribution in [2.75, 3.05) is 13.2 Å². The van der Waals surface area contributed by atoms with Crippen molar-refractivity contribution in [3.63, 3.8) is 0 Å². The zero-order valence-electron chi connectivity index (χ0n) is 10.2. The minimum atomic E-state index is -0.191. The standard InChI is InChI=1S/C10H17N5O2/c1-3-17-10(16)7-15(8-4-5-8)6-9-11-13-14(2)12-9/h8H,3-7H2,1-2H3. The number of tetrazole rings is 1.